The van der Waals surface area contributed by atoms with Gasteiger partial charge in [0.2, 0.25) is 5.91 Å². The average molecular weight is 272 g/mol. The lowest BCUT2D eigenvalue weighted by molar-refractivity contribution is -0.122. The molecule has 102 valence electrons. The molecule has 0 aliphatic carbocycles. The first-order valence-electron chi connectivity index (χ1n) is 5.93. The van der Waals surface area contributed by atoms with Crippen LogP contribution in [0.5, 0.6) is 0 Å². The molecule has 2 unspecified atom stereocenters. The molecular formula is C12H20N2O3S. The summed E-state index contributed by atoms with van der Waals surface area (Å²) in [5.74, 6) is -0.207. The molecule has 6 heteroatoms. The van der Waals surface area contributed by atoms with Crippen molar-refractivity contribution in [1.29, 1.82) is 0 Å². The number of aryl methyl sites for hydroxylation is 1. The zero-order chi connectivity index (χ0) is 13.9. The molecule has 1 aromatic rings. The van der Waals surface area contributed by atoms with Crippen LogP contribution in [0, 0.1) is 19.8 Å². The van der Waals surface area contributed by atoms with Gasteiger partial charge in [0, 0.05) is 23.2 Å². The largest absolute Gasteiger partial charge is 0.396 e. The smallest absolute Gasteiger partial charge is 0.308 e. The number of aliphatic hydroxyl groups excluding tert-OH is 1. The van der Waals surface area contributed by atoms with Gasteiger partial charge in [0.1, 0.15) is 6.54 Å². The first kappa shape index (κ1) is 14.9. The van der Waals surface area contributed by atoms with Gasteiger partial charge in [-0.25, -0.2) is 0 Å². The van der Waals surface area contributed by atoms with E-state index in [-0.39, 0.29) is 35.9 Å². The van der Waals surface area contributed by atoms with E-state index in [2.05, 4.69) is 5.32 Å². The first-order valence-corrected chi connectivity index (χ1v) is 6.75. The van der Waals surface area contributed by atoms with Crippen molar-refractivity contribution in [2.75, 3.05) is 6.61 Å². The highest BCUT2D eigenvalue weighted by Gasteiger charge is 2.16. The Morgan fingerprint density at radius 1 is 1.44 bits per heavy atom. The molecule has 0 aliphatic rings. The fourth-order valence-electron chi connectivity index (χ4n) is 1.51. The van der Waals surface area contributed by atoms with E-state index in [1.807, 2.05) is 27.7 Å². The van der Waals surface area contributed by atoms with Crippen molar-refractivity contribution in [1.82, 2.24) is 9.88 Å². The minimum absolute atomic E-state index is 0.00372. The van der Waals surface area contributed by atoms with Gasteiger partial charge in [-0.3, -0.25) is 14.2 Å². The molecule has 2 N–H and O–H groups in total. The van der Waals surface area contributed by atoms with Crippen molar-refractivity contribution in [2.24, 2.45) is 5.92 Å². The Balaban J connectivity index is 2.68. The zero-order valence-corrected chi connectivity index (χ0v) is 12.0. The lowest BCUT2D eigenvalue weighted by Gasteiger charge is -2.19. The summed E-state index contributed by atoms with van der Waals surface area (Å²) in [5.41, 5.74) is 0.836. The fraction of sp³-hybridized carbons (Fsp3) is 0.667. The van der Waals surface area contributed by atoms with E-state index in [1.54, 1.807) is 0 Å². The molecule has 1 rings (SSSR count). The van der Waals surface area contributed by atoms with Gasteiger partial charge < -0.3 is 10.4 Å². The highest BCUT2D eigenvalue weighted by molar-refractivity contribution is 7.09. The van der Waals surface area contributed by atoms with Crippen LogP contribution in [0.1, 0.15) is 24.4 Å². The highest BCUT2D eigenvalue weighted by atomic mass is 32.1. The van der Waals surface area contributed by atoms with Gasteiger partial charge >= 0.3 is 4.87 Å². The summed E-state index contributed by atoms with van der Waals surface area (Å²) in [6.07, 6.45) is 0. The van der Waals surface area contributed by atoms with E-state index in [4.69, 9.17) is 5.11 Å². The third-order valence-corrected chi connectivity index (χ3v) is 4.20. The maximum absolute atomic E-state index is 11.8. The second kappa shape index (κ2) is 6.15. The summed E-state index contributed by atoms with van der Waals surface area (Å²) < 4.78 is 1.48. The van der Waals surface area contributed by atoms with E-state index in [1.165, 1.54) is 4.57 Å². The quantitative estimate of drug-likeness (QED) is 0.827. The number of carbonyl (C=O) groups is 1. The number of nitrogens with one attached hydrogen (secondary N) is 1. The Morgan fingerprint density at radius 2 is 2.06 bits per heavy atom. The standard InChI is InChI=1S/C12H20N2O3S/c1-7(6-15)8(2)13-11(16)5-14-9(3)10(4)18-12(14)17/h7-8,15H,5-6H2,1-4H3,(H,13,16). The lowest BCUT2D eigenvalue weighted by atomic mass is 10.1. The van der Waals surface area contributed by atoms with E-state index in [0.29, 0.717) is 0 Å². The molecule has 0 aliphatic heterocycles. The predicted molar refractivity (Wildman–Crippen MR) is 71.9 cm³/mol. The Morgan fingerprint density at radius 3 is 2.50 bits per heavy atom. The SMILES string of the molecule is Cc1sc(=O)n(CC(=O)NC(C)C(C)CO)c1C. The number of nitrogens with zero attached hydrogens (tertiary/aromatic N) is 1. The molecule has 18 heavy (non-hydrogen) atoms. The van der Waals surface area contributed by atoms with Crippen molar-refractivity contribution in [3.63, 3.8) is 0 Å². The van der Waals surface area contributed by atoms with Crippen LogP contribution in [0.3, 0.4) is 0 Å². The van der Waals surface area contributed by atoms with Gasteiger partial charge in [-0.05, 0) is 26.7 Å². The lowest BCUT2D eigenvalue weighted by Crippen LogP contribution is -2.41. The molecule has 2 atom stereocenters. The molecule has 0 saturated heterocycles. The fourth-order valence-corrected chi connectivity index (χ4v) is 2.35. The van der Waals surface area contributed by atoms with Crippen LogP contribution in [0.25, 0.3) is 0 Å². The van der Waals surface area contributed by atoms with Crippen molar-refractivity contribution in [3.05, 3.63) is 20.2 Å². The third kappa shape index (κ3) is 3.43. The minimum Gasteiger partial charge on any atom is -0.396 e. The predicted octanol–water partition coefficient (Wildman–Crippen LogP) is 0.660. The molecule has 1 amide bonds. The van der Waals surface area contributed by atoms with E-state index < -0.39 is 0 Å². The molecule has 1 heterocycles. The van der Waals surface area contributed by atoms with E-state index in [9.17, 15) is 9.59 Å². The number of rotatable bonds is 5. The molecule has 0 spiro atoms. The van der Waals surface area contributed by atoms with Gasteiger partial charge in [0.05, 0.1) is 0 Å². The number of aromatic nitrogens is 1. The molecule has 1 aromatic heterocycles. The summed E-state index contributed by atoms with van der Waals surface area (Å²) in [4.78, 5) is 24.3. The summed E-state index contributed by atoms with van der Waals surface area (Å²) >= 11 is 1.15. The normalized spacial score (nSPS) is 14.3. The molecule has 0 bridgehead atoms. The van der Waals surface area contributed by atoms with Crippen molar-refractivity contribution >= 4 is 17.2 Å². The molecule has 0 saturated carbocycles. The summed E-state index contributed by atoms with van der Waals surface area (Å²) in [6, 6.07) is -0.113. The van der Waals surface area contributed by atoms with Crippen LogP contribution in [-0.4, -0.2) is 28.2 Å². The van der Waals surface area contributed by atoms with Crippen LogP contribution in [-0.2, 0) is 11.3 Å². The Hall–Kier alpha value is -1.14. The van der Waals surface area contributed by atoms with Gasteiger partial charge in [0.25, 0.3) is 0 Å². The minimum atomic E-state index is -0.203. The molecular weight excluding hydrogens is 252 g/mol. The van der Waals surface area contributed by atoms with Crippen molar-refractivity contribution in [2.45, 2.75) is 40.3 Å². The van der Waals surface area contributed by atoms with Gasteiger partial charge in [-0.1, -0.05) is 18.3 Å². The van der Waals surface area contributed by atoms with Gasteiger partial charge in [-0.15, -0.1) is 0 Å². The average Bonchev–Trinajstić information content (AvgIpc) is 2.54. The van der Waals surface area contributed by atoms with Gasteiger partial charge in [0.15, 0.2) is 0 Å². The van der Waals surface area contributed by atoms with Crippen LogP contribution in [0.15, 0.2) is 4.79 Å². The molecule has 5 nitrogen and oxygen atoms in total. The molecule has 0 fully saturated rings. The Labute approximate surface area is 110 Å². The number of hydrogen-bond acceptors (Lipinski definition) is 4. The Kier molecular flexibility index (Phi) is 5.10. The monoisotopic (exact) mass is 272 g/mol. The highest BCUT2D eigenvalue weighted by Crippen LogP contribution is 2.09. The second-order valence-corrected chi connectivity index (χ2v) is 5.78. The van der Waals surface area contributed by atoms with E-state index in [0.717, 1.165) is 21.9 Å². The van der Waals surface area contributed by atoms with Crippen LogP contribution in [0.4, 0.5) is 0 Å². The number of thiazole rings is 1. The number of aliphatic hydroxyl groups is 1. The maximum atomic E-state index is 11.8. The number of carbonyl (C=O) groups excluding carboxylic acids is 1. The maximum Gasteiger partial charge on any atom is 0.308 e. The van der Waals surface area contributed by atoms with Gasteiger partial charge in [-0.2, -0.15) is 0 Å². The van der Waals surface area contributed by atoms with Crippen molar-refractivity contribution < 1.29 is 9.90 Å². The molecule has 0 radical (unpaired) electrons. The second-order valence-electron chi connectivity index (χ2n) is 4.61. The van der Waals surface area contributed by atoms with Crippen molar-refractivity contribution in [3.8, 4) is 0 Å². The third-order valence-electron chi connectivity index (χ3n) is 3.21. The topological polar surface area (TPSA) is 71.3 Å². The Bertz CT molecular complexity index is 478. The zero-order valence-electron chi connectivity index (χ0n) is 11.2. The van der Waals surface area contributed by atoms with Crippen LogP contribution < -0.4 is 10.2 Å². The molecule has 0 aromatic carbocycles. The van der Waals surface area contributed by atoms with E-state index >= 15 is 0 Å². The van der Waals surface area contributed by atoms with Crippen LogP contribution >= 0.6 is 11.3 Å². The number of amides is 1. The van der Waals surface area contributed by atoms with Crippen LogP contribution in [0.2, 0.25) is 0 Å². The first-order chi connectivity index (χ1) is 8.36. The summed E-state index contributed by atoms with van der Waals surface area (Å²) in [5, 5.41) is 11.8. The summed E-state index contributed by atoms with van der Waals surface area (Å²) in [6.45, 7) is 7.46. The number of hydrogen-bond donors (Lipinski definition) is 2. The summed E-state index contributed by atoms with van der Waals surface area (Å²) in [7, 11) is 0.